The van der Waals surface area contributed by atoms with Gasteiger partial charge in [0.2, 0.25) is 0 Å². The van der Waals surface area contributed by atoms with Crippen LogP contribution in [-0.2, 0) is 14.3 Å². The van der Waals surface area contributed by atoms with Crippen molar-refractivity contribution in [3.8, 4) is 0 Å². The van der Waals surface area contributed by atoms with E-state index in [4.69, 9.17) is 4.74 Å². The average molecular weight is 392 g/mol. The van der Waals surface area contributed by atoms with Crippen molar-refractivity contribution in [1.29, 1.82) is 0 Å². The largest absolute Gasteiger partial charge is 0.454 e. The van der Waals surface area contributed by atoms with E-state index < -0.39 is 23.7 Å². The first-order valence-electron chi connectivity index (χ1n) is 9.75. The maximum absolute atomic E-state index is 13.8. The minimum atomic E-state index is -0.976. The molecule has 3 atom stereocenters. The molecule has 0 saturated carbocycles. The van der Waals surface area contributed by atoms with Gasteiger partial charge in [-0.2, -0.15) is 0 Å². The van der Waals surface area contributed by atoms with E-state index in [0.717, 1.165) is 19.3 Å². The van der Waals surface area contributed by atoms with Gasteiger partial charge in [0.15, 0.2) is 6.61 Å². The van der Waals surface area contributed by atoms with Gasteiger partial charge in [-0.1, -0.05) is 26.0 Å². The molecule has 1 saturated heterocycles. The Morgan fingerprint density at radius 3 is 2.36 bits per heavy atom. The number of likely N-dealkylation sites (tertiary alicyclic amines) is 1. The second kappa shape index (κ2) is 9.66. The molecule has 0 spiro atoms. The van der Waals surface area contributed by atoms with Gasteiger partial charge in [0.1, 0.15) is 11.9 Å². The predicted octanol–water partition coefficient (Wildman–Crippen LogP) is 2.91. The molecule has 154 valence electrons. The first kappa shape index (κ1) is 21.9. The number of rotatable bonds is 6. The third-order valence-corrected chi connectivity index (χ3v) is 5.15. The quantitative estimate of drug-likeness (QED) is 0.756. The first-order chi connectivity index (χ1) is 13.2. The van der Waals surface area contributed by atoms with Crippen molar-refractivity contribution in [2.45, 2.75) is 65.1 Å². The van der Waals surface area contributed by atoms with E-state index in [-0.39, 0.29) is 36.1 Å². The van der Waals surface area contributed by atoms with Gasteiger partial charge in [-0.05, 0) is 51.2 Å². The third kappa shape index (κ3) is 5.30. The van der Waals surface area contributed by atoms with Crippen molar-refractivity contribution in [2.24, 2.45) is 5.92 Å². The van der Waals surface area contributed by atoms with Crippen molar-refractivity contribution < 1.29 is 23.5 Å². The predicted molar refractivity (Wildman–Crippen MR) is 103 cm³/mol. The molecule has 0 aliphatic carbocycles. The van der Waals surface area contributed by atoms with Gasteiger partial charge in [-0.15, -0.1) is 0 Å². The molecule has 1 fully saturated rings. The number of halogens is 1. The maximum Gasteiger partial charge on any atom is 0.329 e. The van der Waals surface area contributed by atoms with Crippen molar-refractivity contribution in [3.05, 3.63) is 35.6 Å². The molecule has 2 amide bonds. The Balaban J connectivity index is 1.98. The zero-order valence-electron chi connectivity index (χ0n) is 16.9. The van der Waals surface area contributed by atoms with Gasteiger partial charge >= 0.3 is 5.97 Å². The van der Waals surface area contributed by atoms with E-state index in [0.29, 0.717) is 0 Å². The molecular formula is C21H29FN2O4. The summed E-state index contributed by atoms with van der Waals surface area (Å²) in [5, 5.41) is 2.52. The second-order valence-electron chi connectivity index (χ2n) is 7.71. The molecule has 0 radical (unpaired) electrons. The van der Waals surface area contributed by atoms with Crippen LogP contribution in [0.1, 0.15) is 57.3 Å². The van der Waals surface area contributed by atoms with Crippen LogP contribution >= 0.6 is 0 Å². The number of hydrogen-bond acceptors (Lipinski definition) is 4. The van der Waals surface area contributed by atoms with Crippen LogP contribution in [0, 0.1) is 11.7 Å². The number of ether oxygens (including phenoxy) is 1. The molecule has 0 aromatic heterocycles. The molecule has 1 heterocycles. The fraction of sp³-hybridized carbons (Fsp3) is 0.571. The van der Waals surface area contributed by atoms with Crippen LogP contribution in [0.4, 0.5) is 4.39 Å². The first-order valence-corrected chi connectivity index (χ1v) is 9.75. The van der Waals surface area contributed by atoms with E-state index >= 15 is 0 Å². The standard InChI is InChI=1S/C21H29FN2O4/c1-13(2)19(23-20(26)16-10-5-6-11-17(16)22)21(27)28-12-18(25)24-14(3)8-7-9-15(24)4/h5-6,10-11,13-15,19H,7-9,12H2,1-4H3,(H,23,26)/t14?,15?,19-/m0/s1. The summed E-state index contributed by atoms with van der Waals surface area (Å²) in [6, 6.07) is 4.78. The highest BCUT2D eigenvalue weighted by Crippen LogP contribution is 2.22. The third-order valence-electron chi connectivity index (χ3n) is 5.15. The molecule has 1 aromatic carbocycles. The lowest BCUT2D eigenvalue weighted by atomic mass is 9.97. The van der Waals surface area contributed by atoms with Crippen LogP contribution < -0.4 is 5.32 Å². The van der Waals surface area contributed by atoms with Crippen LogP contribution in [0.5, 0.6) is 0 Å². The zero-order chi connectivity index (χ0) is 20.8. The molecule has 0 bridgehead atoms. The number of carbonyl (C=O) groups is 3. The number of nitrogens with zero attached hydrogens (tertiary/aromatic N) is 1. The second-order valence-corrected chi connectivity index (χ2v) is 7.71. The molecule has 2 unspecified atom stereocenters. The van der Waals surface area contributed by atoms with Gasteiger partial charge < -0.3 is 15.0 Å². The summed E-state index contributed by atoms with van der Waals surface area (Å²) in [5.74, 6) is -2.59. The molecule has 1 aliphatic heterocycles. The van der Waals surface area contributed by atoms with Gasteiger partial charge in [-0.3, -0.25) is 9.59 Å². The minimum absolute atomic E-state index is 0.108. The molecule has 28 heavy (non-hydrogen) atoms. The Hall–Kier alpha value is -2.44. The molecule has 7 heteroatoms. The van der Waals surface area contributed by atoms with E-state index in [1.54, 1.807) is 24.8 Å². The highest BCUT2D eigenvalue weighted by molar-refractivity contribution is 5.97. The summed E-state index contributed by atoms with van der Waals surface area (Å²) in [6.07, 6.45) is 2.93. The number of amides is 2. The molecule has 2 rings (SSSR count). The smallest absolute Gasteiger partial charge is 0.329 e. The summed E-state index contributed by atoms with van der Waals surface area (Å²) in [7, 11) is 0. The van der Waals surface area contributed by atoms with Gasteiger partial charge in [0, 0.05) is 12.1 Å². The van der Waals surface area contributed by atoms with E-state index in [1.165, 1.54) is 18.2 Å². The topological polar surface area (TPSA) is 75.7 Å². The summed E-state index contributed by atoms with van der Waals surface area (Å²) >= 11 is 0. The van der Waals surface area contributed by atoms with Gasteiger partial charge in [0.25, 0.3) is 11.8 Å². The van der Waals surface area contributed by atoms with Crippen molar-refractivity contribution >= 4 is 17.8 Å². The SMILES string of the molecule is CC(C)[C@H](NC(=O)c1ccccc1F)C(=O)OCC(=O)N1C(C)CCCC1C. The number of benzene rings is 1. The number of carbonyl (C=O) groups excluding carboxylic acids is 3. The lowest BCUT2D eigenvalue weighted by molar-refractivity contribution is -0.157. The Morgan fingerprint density at radius 1 is 1.18 bits per heavy atom. The van der Waals surface area contributed by atoms with Crippen molar-refractivity contribution in [3.63, 3.8) is 0 Å². The van der Waals surface area contributed by atoms with E-state index in [1.807, 2.05) is 13.8 Å². The summed E-state index contributed by atoms with van der Waals surface area (Å²) in [4.78, 5) is 39.1. The van der Waals surface area contributed by atoms with Gasteiger partial charge in [-0.25, -0.2) is 9.18 Å². The fourth-order valence-corrected chi connectivity index (χ4v) is 3.57. The molecule has 1 N–H and O–H groups in total. The normalized spacial score (nSPS) is 20.6. The highest BCUT2D eigenvalue weighted by atomic mass is 19.1. The fourth-order valence-electron chi connectivity index (χ4n) is 3.57. The van der Waals surface area contributed by atoms with Crippen molar-refractivity contribution in [1.82, 2.24) is 10.2 Å². The Kier molecular flexibility index (Phi) is 7.54. The van der Waals surface area contributed by atoms with Crippen LogP contribution in [0.25, 0.3) is 0 Å². The Morgan fingerprint density at radius 2 is 1.79 bits per heavy atom. The Labute approximate surface area is 165 Å². The number of esters is 1. The number of nitrogens with one attached hydrogen (secondary N) is 1. The lowest BCUT2D eigenvalue weighted by Gasteiger charge is -2.39. The minimum Gasteiger partial charge on any atom is -0.454 e. The summed E-state index contributed by atoms with van der Waals surface area (Å²) < 4.78 is 19.0. The number of piperidine rings is 1. The molecule has 1 aliphatic rings. The molecule has 6 nitrogen and oxygen atoms in total. The van der Waals surface area contributed by atoms with Crippen LogP contribution in [0.15, 0.2) is 24.3 Å². The summed E-state index contributed by atoms with van der Waals surface area (Å²) in [5.41, 5.74) is -0.145. The van der Waals surface area contributed by atoms with Crippen LogP contribution in [0.3, 0.4) is 0 Å². The zero-order valence-corrected chi connectivity index (χ0v) is 16.9. The van der Waals surface area contributed by atoms with Crippen LogP contribution in [0.2, 0.25) is 0 Å². The highest BCUT2D eigenvalue weighted by Gasteiger charge is 2.31. The number of hydrogen-bond donors (Lipinski definition) is 1. The maximum atomic E-state index is 13.8. The lowest BCUT2D eigenvalue weighted by Crippen LogP contribution is -2.50. The monoisotopic (exact) mass is 392 g/mol. The summed E-state index contributed by atoms with van der Waals surface area (Å²) in [6.45, 7) is 7.09. The molecule has 1 aromatic rings. The Bertz CT molecular complexity index is 712. The van der Waals surface area contributed by atoms with E-state index in [9.17, 15) is 18.8 Å². The van der Waals surface area contributed by atoms with E-state index in [2.05, 4.69) is 5.32 Å². The van der Waals surface area contributed by atoms with Gasteiger partial charge in [0.05, 0.1) is 5.56 Å². The average Bonchev–Trinajstić information content (AvgIpc) is 2.64. The molecular weight excluding hydrogens is 363 g/mol. The van der Waals surface area contributed by atoms with Crippen LogP contribution in [-0.4, -0.2) is 47.4 Å². The van der Waals surface area contributed by atoms with Crippen molar-refractivity contribution in [2.75, 3.05) is 6.61 Å².